The number of ether oxygens (including phenoxy) is 1. The lowest BCUT2D eigenvalue weighted by molar-refractivity contribution is -0.0776. The zero-order valence-corrected chi connectivity index (χ0v) is 11.7. The van der Waals surface area contributed by atoms with Crippen LogP contribution in [0.15, 0.2) is 30.3 Å². The van der Waals surface area contributed by atoms with Gasteiger partial charge in [-0.3, -0.25) is 0 Å². The molecule has 1 fully saturated rings. The Bertz CT molecular complexity index is 349. The van der Waals surface area contributed by atoms with Crippen LogP contribution in [0.5, 0.6) is 0 Å². The molecule has 1 aromatic carbocycles. The van der Waals surface area contributed by atoms with Crippen LogP contribution in [0.1, 0.15) is 45.3 Å². The van der Waals surface area contributed by atoms with Crippen LogP contribution >= 0.6 is 0 Å². The van der Waals surface area contributed by atoms with Crippen LogP contribution in [-0.4, -0.2) is 18.7 Å². The van der Waals surface area contributed by atoms with Gasteiger partial charge in [0.25, 0.3) is 0 Å². The van der Waals surface area contributed by atoms with Gasteiger partial charge in [0.2, 0.25) is 0 Å². The van der Waals surface area contributed by atoms with E-state index in [0.29, 0.717) is 18.1 Å². The van der Waals surface area contributed by atoms with E-state index in [1.54, 1.807) is 0 Å². The molecule has 2 heteroatoms. The molecule has 1 aromatic rings. The molecular weight excluding hydrogens is 222 g/mol. The van der Waals surface area contributed by atoms with Gasteiger partial charge in [0.1, 0.15) is 0 Å². The standard InChI is InChI=1S/C16H25NO/c1-4-8-14-11-17-15(12(2)3)16(18-14)13-9-6-5-7-10-13/h5-7,9-10,12,14-17H,4,8,11H2,1-3H3. The molecule has 0 bridgehead atoms. The number of morpholine rings is 1. The molecule has 0 aliphatic carbocycles. The highest BCUT2D eigenvalue weighted by Crippen LogP contribution is 2.30. The first-order chi connectivity index (χ1) is 8.72. The molecule has 0 radical (unpaired) electrons. The lowest BCUT2D eigenvalue weighted by atomic mass is 9.91. The molecule has 0 spiro atoms. The Morgan fingerprint density at radius 3 is 2.61 bits per heavy atom. The summed E-state index contributed by atoms with van der Waals surface area (Å²) in [6, 6.07) is 11.0. The minimum Gasteiger partial charge on any atom is -0.367 e. The summed E-state index contributed by atoms with van der Waals surface area (Å²) in [5.41, 5.74) is 1.30. The van der Waals surface area contributed by atoms with E-state index in [2.05, 4.69) is 56.4 Å². The molecule has 0 aromatic heterocycles. The highest BCUT2D eigenvalue weighted by molar-refractivity contribution is 5.20. The lowest BCUT2D eigenvalue weighted by Gasteiger charge is -2.40. The van der Waals surface area contributed by atoms with Crippen LogP contribution in [-0.2, 0) is 4.74 Å². The second kappa shape index (κ2) is 6.35. The van der Waals surface area contributed by atoms with Crippen molar-refractivity contribution in [3.05, 3.63) is 35.9 Å². The van der Waals surface area contributed by atoms with Crippen LogP contribution in [0.25, 0.3) is 0 Å². The molecule has 1 aliphatic heterocycles. The summed E-state index contributed by atoms with van der Waals surface area (Å²) in [5.74, 6) is 0.581. The Labute approximate surface area is 111 Å². The van der Waals surface area contributed by atoms with Crippen LogP contribution in [0, 0.1) is 5.92 Å². The summed E-state index contributed by atoms with van der Waals surface area (Å²) in [4.78, 5) is 0. The first-order valence-electron chi connectivity index (χ1n) is 7.16. The van der Waals surface area contributed by atoms with Crippen molar-refractivity contribution in [3.8, 4) is 0 Å². The zero-order valence-electron chi connectivity index (χ0n) is 11.7. The van der Waals surface area contributed by atoms with Crippen molar-refractivity contribution in [2.45, 2.75) is 51.9 Å². The molecule has 18 heavy (non-hydrogen) atoms. The van der Waals surface area contributed by atoms with E-state index >= 15 is 0 Å². The average molecular weight is 247 g/mol. The minimum absolute atomic E-state index is 0.191. The molecule has 100 valence electrons. The number of hydrogen-bond donors (Lipinski definition) is 1. The van der Waals surface area contributed by atoms with Gasteiger partial charge in [-0.2, -0.15) is 0 Å². The molecule has 1 N–H and O–H groups in total. The van der Waals surface area contributed by atoms with Gasteiger partial charge in [-0.15, -0.1) is 0 Å². The quantitative estimate of drug-likeness (QED) is 0.878. The number of nitrogens with one attached hydrogen (secondary N) is 1. The van der Waals surface area contributed by atoms with Crippen LogP contribution in [0.2, 0.25) is 0 Å². The molecule has 1 heterocycles. The Morgan fingerprint density at radius 2 is 2.00 bits per heavy atom. The van der Waals surface area contributed by atoms with Crippen molar-refractivity contribution in [1.82, 2.24) is 5.32 Å². The van der Waals surface area contributed by atoms with Crippen LogP contribution in [0.4, 0.5) is 0 Å². The summed E-state index contributed by atoms with van der Waals surface area (Å²) < 4.78 is 6.32. The fraction of sp³-hybridized carbons (Fsp3) is 0.625. The first-order valence-corrected chi connectivity index (χ1v) is 7.16. The van der Waals surface area contributed by atoms with Gasteiger partial charge < -0.3 is 10.1 Å². The zero-order chi connectivity index (χ0) is 13.0. The molecular formula is C16H25NO. The van der Waals surface area contributed by atoms with Gasteiger partial charge >= 0.3 is 0 Å². The van der Waals surface area contributed by atoms with Gasteiger partial charge in [0, 0.05) is 12.6 Å². The van der Waals surface area contributed by atoms with Crippen molar-refractivity contribution < 1.29 is 4.74 Å². The average Bonchev–Trinajstić information content (AvgIpc) is 2.40. The number of rotatable bonds is 4. The summed E-state index contributed by atoms with van der Waals surface area (Å²) >= 11 is 0. The van der Waals surface area contributed by atoms with Crippen LogP contribution in [0.3, 0.4) is 0 Å². The Kier molecular flexibility index (Phi) is 4.79. The molecule has 0 amide bonds. The lowest BCUT2D eigenvalue weighted by Crippen LogP contribution is -2.50. The van der Waals surface area contributed by atoms with Crippen molar-refractivity contribution in [1.29, 1.82) is 0 Å². The topological polar surface area (TPSA) is 21.3 Å². The second-order valence-electron chi connectivity index (χ2n) is 5.56. The third kappa shape index (κ3) is 3.12. The molecule has 3 atom stereocenters. The Hall–Kier alpha value is -0.860. The van der Waals surface area contributed by atoms with E-state index < -0.39 is 0 Å². The first kappa shape index (κ1) is 13.6. The summed E-state index contributed by atoms with van der Waals surface area (Å²) in [6.07, 6.45) is 2.87. The summed E-state index contributed by atoms with van der Waals surface area (Å²) in [7, 11) is 0. The summed E-state index contributed by atoms with van der Waals surface area (Å²) in [5, 5.41) is 3.68. The van der Waals surface area contributed by atoms with Gasteiger partial charge in [0.05, 0.1) is 12.2 Å². The van der Waals surface area contributed by atoms with Gasteiger partial charge in [-0.1, -0.05) is 57.5 Å². The fourth-order valence-electron chi connectivity index (χ4n) is 2.72. The molecule has 3 unspecified atom stereocenters. The van der Waals surface area contributed by atoms with Crippen molar-refractivity contribution >= 4 is 0 Å². The van der Waals surface area contributed by atoms with E-state index in [-0.39, 0.29) is 6.10 Å². The predicted octanol–water partition coefficient (Wildman–Crippen LogP) is 3.54. The van der Waals surface area contributed by atoms with E-state index in [1.165, 1.54) is 12.0 Å². The SMILES string of the molecule is CCCC1CNC(C(C)C)C(c2ccccc2)O1. The maximum atomic E-state index is 6.32. The van der Waals surface area contributed by atoms with Crippen molar-refractivity contribution in [2.75, 3.05) is 6.54 Å². The molecule has 2 rings (SSSR count). The van der Waals surface area contributed by atoms with E-state index in [1.807, 2.05) is 0 Å². The van der Waals surface area contributed by atoms with Gasteiger partial charge in [-0.05, 0) is 17.9 Å². The Morgan fingerprint density at radius 1 is 1.28 bits per heavy atom. The second-order valence-corrected chi connectivity index (χ2v) is 5.56. The van der Waals surface area contributed by atoms with Crippen molar-refractivity contribution in [2.24, 2.45) is 5.92 Å². The van der Waals surface area contributed by atoms with Crippen LogP contribution < -0.4 is 5.32 Å². The largest absolute Gasteiger partial charge is 0.367 e. The third-order valence-electron chi connectivity index (χ3n) is 3.70. The maximum absolute atomic E-state index is 6.32. The van der Waals surface area contributed by atoms with E-state index in [4.69, 9.17) is 4.74 Å². The highest BCUT2D eigenvalue weighted by Gasteiger charge is 2.33. The molecule has 0 saturated carbocycles. The number of benzene rings is 1. The number of hydrogen-bond acceptors (Lipinski definition) is 2. The van der Waals surface area contributed by atoms with E-state index in [0.717, 1.165) is 13.0 Å². The molecule has 1 aliphatic rings. The fourth-order valence-corrected chi connectivity index (χ4v) is 2.72. The normalized spacial score (nSPS) is 28.6. The Balaban J connectivity index is 2.15. The minimum atomic E-state index is 0.191. The van der Waals surface area contributed by atoms with Gasteiger partial charge in [0.15, 0.2) is 0 Å². The third-order valence-corrected chi connectivity index (χ3v) is 3.70. The predicted molar refractivity (Wildman–Crippen MR) is 75.6 cm³/mol. The monoisotopic (exact) mass is 247 g/mol. The van der Waals surface area contributed by atoms with Gasteiger partial charge in [-0.25, -0.2) is 0 Å². The van der Waals surface area contributed by atoms with E-state index in [9.17, 15) is 0 Å². The highest BCUT2D eigenvalue weighted by atomic mass is 16.5. The molecule has 1 saturated heterocycles. The summed E-state index contributed by atoms with van der Waals surface area (Å²) in [6.45, 7) is 7.73. The smallest absolute Gasteiger partial charge is 0.0984 e. The van der Waals surface area contributed by atoms with Crippen molar-refractivity contribution in [3.63, 3.8) is 0 Å². The molecule has 2 nitrogen and oxygen atoms in total. The maximum Gasteiger partial charge on any atom is 0.0984 e.